The van der Waals surface area contributed by atoms with Crippen molar-refractivity contribution in [1.82, 2.24) is 19.7 Å². The molecule has 2 N–H and O–H groups in total. The van der Waals surface area contributed by atoms with E-state index in [1.54, 1.807) is 6.07 Å². The summed E-state index contributed by atoms with van der Waals surface area (Å²) in [7, 11) is 0. The van der Waals surface area contributed by atoms with E-state index in [0.29, 0.717) is 29.9 Å². The van der Waals surface area contributed by atoms with Crippen molar-refractivity contribution in [3.8, 4) is 11.4 Å². The maximum Gasteiger partial charge on any atom is 0.234 e. The summed E-state index contributed by atoms with van der Waals surface area (Å²) in [6.45, 7) is 3.74. The number of ether oxygens (including phenoxy) is 1. The average molecular weight is 460 g/mol. The number of benzene rings is 2. The predicted octanol–water partition coefficient (Wildman–Crippen LogP) is 3.19. The molecule has 31 heavy (non-hydrogen) atoms. The van der Waals surface area contributed by atoms with Gasteiger partial charge in [-0.3, -0.25) is 14.3 Å². The zero-order valence-corrected chi connectivity index (χ0v) is 18.3. The van der Waals surface area contributed by atoms with Gasteiger partial charge in [0.1, 0.15) is 5.75 Å². The molecule has 0 atom stereocenters. The fraction of sp³-hybridized carbons (Fsp3) is 0.286. The molecule has 0 spiro atoms. The molecule has 3 aromatic rings. The van der Waals surface area contributed by atoms with Gasteiger partial charge in [-0.25, -0.2) is 0 Å². The number of amides is 1. The first-order chi connectivity index (χ1) is 15.1. The van der Waals surface area contributed by atoms with Crippen LogP contribution in [0.15, 0.2) is 53.7 Å². The number of rotatable bonds is 7. The lowest BCUT2D eigenvalue weighted by atomic mass is 10.3. The topological polar surface area (TPSA) is 92.5 Å². The monoisotopic (exact) mass is 459 g/mol. The number of phenolic OH excluding ortho intramolecular Hbond substituents is 1. The molecule has 1 aromatic heterocycles. The average Bonchev–Trinajstić information content (AvgIpc) is 3.18. The first-order valence-electron chi connectivity index (χ1n) is 9.81. The van der Waals surface area contributed by atoms with Crippen LogP contribution in [0, 0.1) is 0 Å². The van der Waals surface area contributed by atoms with Crippen LogP contribution in [0.1, 0.15) is 5.82 Å². The lowest BCUT2D eigenvalue weighted by Crippen LogP contribution is -2.36. The zero-order valence-electron chi connectivity index (χ0n) is 16.7. The molecule has 0 aliphatic carbocycles. The van der Waals surface area contributed by atoms with Crippen molar-refractivity contribution >= 4 is 35.0 Å². The molecular weight excluding hydrogens is 438 g/mol. The van der Waals surface area contributed by atoms with Crippen molar-refractivity contribution in [3.63, 3.8) is 0 Å². The van der Waals surface area contributed by atoms with Crippen molar-refractivity contribution in [2.75, 3.05) is 37.4 Å². The molecule has 2 aromatic carbocycles. The van der Waals surface area contributed by atoms with E-state index >= 15 is 0 Å². The summed E-state index contributed by atoms with van der Waals surface area (Å²) >= 11 is 7.23. The number of hydrogen-bond donors (Lipinski definition) is 2. The summed E-state index contributed by atoms with van der Waals surface area (Å²) in [5.41, 5.74) is 1.21. The van der Waals surface area contributed by atoms with Crippen LogP contribution in [0.5, 0.6) is 5.75 Å². The number of morpholine rings is 1. The highest BCUT2D eigenvalue weighted by Gasteiger charge is 2.20. The van der Waals surface area contributed by atoms with Gasteiger partial charge in [0, 0.05) is 23.8 Å². The van der Waals surface area contributed by atoms with Gasteiger partial charge in [0.05, 0.1) is 31.2 Å². The molecule has 1 fully saturated rings. The molecule has 0 radical (unpaired) electrons. The van der Waals surface area contributed by atoms with Crippen molar-refractivity contribution in [2.24, 2.45) is 0 Å². The summed E-state index contributed by atoms with van der Waals surface area (Å²) in [6.07, 6.45) is 0. The van der Waals surface area contributed by atoms with Crippen LogP contribution in [0.3, 0.4) is 0 Å². The number of carbonyl (C=O) groups is 1. The zero-order chi connectivity index (χ0) is 21.6. The Morgan fingerprint density at radius 3 is 2.71 bits per heavy atom. The van der Waals surface area contributed by atoms with Gasteiger partial charge >= 0.3 is 0 Å². The molecule has 0 saturated carbocycles. The predicted molar refractivity (Wildman–Crippen MR) is 120 cm³/mol. The number of nitrogens with zero attached hydrogens (tertiary/aromatic N) is 4. The van der Waals surface area contributed by atoms with E-state index in [0.717, 1.165) is 24.6 Å². The second kappa shape index (κ2) is 10.1. The van der Waals surface area contributed by atoms with E-state index in [4.69, 9.17) is 16.3 Å². The van der Waals surface area contributed by atoms with Gasteiger partial charge in [-0.1, -0.05) is 41.6 Å². The molecule has 1 amide bonds. The number of carbonyl (C=O) groups excluding carboxylic acids is 1. The van der Waals surface area contributed by atoms with Gasteiger partial charge in [-0.2, -0.15) is 0 Å². The molecule has 162 valence electrons. The Kier molecular flexibility index (Phi) is 7.08. The molecule has 8 nitrogen and oxygen atoms in total. The van der Waals surface area contributed by atoms with Gasteiger partial charge in [-0.15, -0.1) is 10.2 Å². The van der Waals surface area contributed by atoms with E-state index in [9.17, 15) is 9.90 Å². The van der Waals surface area contributed by atoms with Crippen LogP contribution >= 0.6 is 23.4 Å². The number of hydrogen-bond acceptors (Lipinski definition) is 7. The fourth-order valence-electron chi connectivity index (χ4n) is 3.22. The van der Waals surface area contributed by atoms with Crippen LogP contribution in [0.25, 0.3) is 5.69 Å². The number of thioether (sulfide) groups is 1. The number of halogens is 1. The number of nitrogens with one attached hydrogen (secondary N) is 1. The highest BCUT2D eigenvalue weighted by atomic mass is 35.5. The number of aromatic hydroxyl groups is 1. The maximum absolute atomic E-state index is 12.5. The molecule has 0 unspecified atom stereocenters. The Bertz CT molecular complexity index is 1040. The van der Waals surface area contributed by atoms with E-state index in [-0.39, 0.29) is 23.1 Å². The largest absolute Gasteiger partial charge is 0.506 e. The van der Waals surface area contributed by atoms with Crippen LogP contribution < -0.4 is 5.32 Å². The van der Waals surface area contributed by atoms with Crippen molar-refractivity contribution in [2.45, 2.75) is 11.7 Å². The molecule has 1 aliphatic heterocycles. The molecule has 1 aliphatic rings. The third kappa shape index (κ3) is 5.56. The van der Waals surface area contributed by atoms with Gasteiger partial charge in [0.15, 0.2) is 11.0 Å². The lowest BCUT2D eigenvalue weighted by molar-refractivity contribution is -0.113. The van der Waals surface area contributed by atoms with Crippen molar-refractivity contribution in [1.29, 1.82) is 0 Å². The Balaban J connectivity index is 1.49. The summed E-state index contributed by atoms with van der Waals surface area (Å²) in [6, 6.07) is 14.3. The smallest absolute Gasteiger partial charge is 0.234 e. The molecule has 1 saturated heterocycles. The molecule has 10 heteroatoms. The van der Waals surface area contributed by atoms with Crippen molar-refractivity contribution in [3.05, 3.63) is 59.4 Å². The van der Waals surface area contributed by atoms with E-state index in [1.807, 2.05) is 34.9 Å². The van der Waals surface area contributed by atoms with E-state index < -0.39 is 0 Å². The van der Waals surface area contributed by atoms with Crippen LogP contribution in [0.4, 0.5) is 5.69 Å². The fourth-order valence-corrected chi connectivity index (χ4v) is 4.16. The lowest BCUT2D eigenvalue weighted by Gasteiger charge is -2.26. The first-order valence-corrected chi connectivity index (χ1v) is 11.2. The first kappa shape index (κ1) is 21.6. The third-order valence-electron chi connectivity index (χ3n) is 4.75. The summed E-state index contributed by atoms with van der Waals surface area (Å²) < 4.78 is 7.40. The van der Waals surface area contributed by atoms with Crippen LogP contribution in [-0.4, -0.2) is 62.7 Å². The normalized spacial score (nSPS) is 14.5. The second-order valence-electron chi connectivity index (χ2n) is 6.96. The quantitative estimate of drug-likeness (QED) is 0.414. The minimum atomic E-state index is -0.278. The second-order valence-corrected chi connectivity index (χ2v) is 8.34. The number of phenols is 1. The Labute approximate surface area is 189 Å². The van der Waals surface area contributed by atoms with Crippen LogP contribution in [0.2, 0.25) is 5.02 Å². The third-order valence-corrected chi connectivity index (χ3v) is 5.91. The van der Waals surface area contributed by atoms with E-state index in [1.165, 1.54) is 23.9 Å². The Morgan fingerprint density at radius 1 is 1.16 bits per heavy atom. The van der Waals surface area contributed by atoms with Gasteiger partial charge in [0.2, 0.25) is 5.91 Å². The van der Waals surface area contributed by atoms with Gasteiger partial charge in [-0.05, 0) is 30.3 Å². The Morgan fingerprint density at radius 2 is 1.94 bits per heavy atom. The van der Waals surface area contributed by atoms with Crippen molar-refractivity contribution < 1.29 is 14.6 Å². The number of para-hydroxylation sites is 1. The minimum Gasteiger partial charge on any atom is -0.506 e. The molecule has 0 bridgehead atoms. The molecule has 4 rings (SSSR count). The number of anilines is 1. The molecule has 2 heterocycles. The summed E-state index contributed by atoms with van der Waals surface area (Å²) in [4.78, 5) is 14.7. The SMILES string of the molecule is O=C(CSc1nnc(CN2CCOCC2)n1-c1ccccc1)Nc1cc(Cl)ccc1O. The minimum absolute atomic E-state index is 0.0389. The molecular formula is C21H22ClN5O3S. The maximum atomic E-state index is 12.5. The summed E-state index contributed by atoms with van der Waals surface area (Å²) in [5.74, 6) is 0.598. The highest BCUT2D eigenvalue weighted by molar-refractivity contribution is 7.99. The highest BCUT2D eigenvalue weighted by Crippen LogP contribution is 2.27. The number of aromatic nitrogens is 3. The van der Waals surface area contributed by atoms with E-state index in [2.05, 4.69) is 20.4 Å². The summed E-state index contributed by atoms with van der Waals surface area (Å²) in [5, 5.41) is 22.4. The standard InChI is InChI=1S/C21H22ClN5O3S/c22-15-6-7-18(28)17(12-15)23-20(29)14-31-21-25-24-19(13-26-8-10-30-11-9-26)27(21)16-4-2-1-3-5-16/h1-7,12,28H,8-11,13-14H2,(H,23,29). The van der Waals surface area contributed by atoms with Gasteiger partial charge < -0.3 is 15.2 Å². The van der Waals surface area contributed by atoms with Crippen LogP contribution in [-0.2, 0) is 16.1 Å². The van der Waals surface area contributed by atoms with Gasteiger partial charge in [0.25, 0.3) is 0 Å². The Hall–Kier alpha value is -2.59.